The van der Waals surface area contributed by atoms with Gasteiger partial charge in [0, 0.05) is 18.8 Å². The number of aliphatic hydroxyl groups is 3. The van der Waals surface area contributed by atoms with Crippen molar-refractivity contribution in [3.63, 3.8) is 0 Å². The second-order valence-electron chi connectivity index (χ2n) is 7.89. The molecule has 0 aromatic heterocycles. The van der Waals surface area contributed by atoms with Crippen LogP contribution in [0.2, 0.25) is 0 Å². The molecule has 6 nitrogen and oxygen atoms in total. The van der Waals surface area contributed by atoms with Gasteiger partial charge in [0.15, 0.2) is 0 Å². The van der Waals surface area contributed by atoms with Gasteiger partial charge in [0.1, 0.15) is 18.5 Å². The van der Waals surface area contributed by atoms with Crippen LogP contribution in [0.25, 0.3) is 0 Å². The average molecular weight is 458 g/mol. The Morgan fingerprint density at radius 2 is 1.97 bits per heavy atom. The zero-order chi connectivity index (χ0) is 23.7. The van der Waals surface area contributed by atoms with Gasteiger partial charge in [0.2, 0.25) is 0 Å². The fourth-order valence-electron chi connectivity index (χ4n) is 3.70. The van der Waals surface area contributed by atoms with Crippen molar-refractivity contribution in [1.82, 2.24) is 0 Å². The van der Waals surface area contributed by atoms with Crippen molar-refractivity contribution >= 4 is 5.97 Å². The minimum Gasteiger partial charge on any atom is -0.491 e. The Morgan fingerprint density at radius 3 is 2.66 bits per heavy atom. The van der Waals surface area contributed by atoms with Gasteiger partial charge in [-0.05, 0) is 43.4 Å². The van der Waals surface area contributed by atoms with E-state index in [1.807, 2.05) is 12.2 Å². The van der Waals surface area contributed by atoms with E-state index < -0.39 is 41.9 Å². The summed E-state index contributed by atoms with van der Waals surface area (Å²) in [6.07, 6.45) is 1.48. The van der Waals surface area contributed by atoms with Gasteiger partial charge in [-0.25, -0.2) is 0 Å². The third-order valence-corrected chi connectivity index (χ3v) is 5.39. The molecule has 5 atom stereocenters. The van der Waals surface area contributed by atoms with Crippen LogP contribution < -0.4 is 4.74 Å². The molecule has 0 amide bonds. The normalized spacial score (nSPS) is 24.9. The standard InChI is InChI=1S/C23H29F3O6/c24-23(25,26)15-6-5-7-17(12-15)32-14-16(27)10-11-19-18(20(28)13-21(19)29)8-3-1-2-4-9-22(30)31/h1,3,5-7,10-12,16,18-21,27-29H,2,4,8-9,13-14H2,(H,30,31)/b3-1-,11-10+/t16-,18-,19?,20+,21+/m1/s1. The Hall–Kier alpha value is -2.36. The van der Waals surface area contributed by atoms with Gasteiger partial charge in [-0.1, -0.05) is 30.4 Å². The highest BCUT2D eigenvalue weighted by Gasteiger charge is 2.39. The van der Waals surface area contributed by atoms with E-state index >= 15 is 0 Å². The van der Waals surface area contributed by atoms with Crippen LogP contribution in [0.3, 0.4) is 0 Å². The zero-order valence-corrected chi connectivity index (χ0v) is 17.5. The van der Waals surface area contributed by atoms with E-state index in [0.29, 0.717) is 19.3 Å². The lowest BCUT2D eigenvalue weighted by atomic mass is 9.89. The van der Waals surface area contributed by atoms with E-state index in [9.17, 15) is 33.3 Å². The molecule has 1 saturated carbocycles. The number of benzene rings is 1. The fraction of sp³-hybridized carbons (Fsp3) is 0.522. The molecule has 1 fully saturated rings. The first kappa shape index (κ1) is 25.9. The Balaban J connectivity index is 1.87. The maximum Gasteiger partial charge on any atom is 0.416 e. The SMILES string of the molecule is O=C(O)CCC/C=C\C[C@@H]1C(/C=C/[C@@H](O)COc2cccc(C(F)(F)F)c2)[C@@H](O)C[C@@H]1O. The van der Waals surface area contributed by atoms with Gasteiger partial charge >= 0.3 is 12.1 Å². The first-order valence-electron chi connectivity index (χ1n) is 10.5. The number of rotatable bonds is 11. The Bertz CT molecular complexity index is 792. The number of aliphatic carboxylic acids is 1. The second kappa shape index (κ2) is 12.0. The first-order chi connectivity index (χ1) is 15.1. The van der Waals surface area contributed by atoms with Crippen LogP contribution >= 0.6 is 0 Å². The molecular weight excluding hydrogens is 429 g/mol. The van der Waals surface area contributed by atoms with Crippen LogP contribution in [0.4, 0.5) is 13.2 Å². The van der Waals surface area contributed by atoms with E-state index in [0.717, 1.165) is 12.1 Å². The molecule has 178 valence electrons. The predicted octanol–water partition coefficient (Wildman–Crippen LogP) is 3.56. The van der Waals surface area contributed by atoms with Crippen molar-refractivity contribution in [1.29, 1.82) is 0 Å². The van der Waals surface area contributed by atoms with Gasteiger partial charge in [0.25, 0.3) is 0 Å². The van der Waals surface area contributed by atoms with E-state index in [1.54, 1.807) is 6.08 Å². The highest BCUT2D eigenvalue weighted by atomic mass is 19.4. The van der Waals surface area contributed by atoms with Crippen molar-refractivity contribution in [3.05, 3.63) is 54.1 Å². The summed E-state index contributed by atoms with van der Waals surface area (Å²) >= 11 is 0. The maximum absolute atomic E-state index is 12.8. The van der Waals surface area contributed by atoms with Crippen molar-refractivity contribution in [2.75, 3.05) is 6.61 Å². The summed E-state index contributed by atoms with van der Waals surface area (Å²) in [6, 6.07) is 4.36. The van der Waals surface area contributed by atoms with Crippen LogP contribution in [0.5, 0.6) is 5.75 Å². The molecule has 32 heavy (non-hydrogen) atoms. The summed E-state index contributed by atoms with van der Waals surface area (Å²) in [7, 11) is 0. The average Bonchev–Trinajstić information content (AvgIpc) is 2.99. The lowest BCUT2D eigenvalue weighted by molar-refractivity contribution is -0.138. The van der Waals surface area contributed by atoms with Crippen LogP contribution in [-0.4, -0.2) is 51.3 Å². The monoisotopic (exact) mass is 458 g/mol. The molecule has 1 aromatic rings. The summed E-state index contributed by atoms with van der Waals surface area (Å²) in [5, 5.41) is 39.2. The smallest absolute Gasteiger partial charge is 0.416 e. The zero-order valence-electron chi connectivity index (χ0n) is 17.5. The molecule has 0 spiro atoms. The van der Waals surface area contributed by atoms with Crippen molar-refractivity contribution in [2.45, 2.75) is 56.6 Å². The lowest BCUT2D eigenvalue weighted by Gasteiger charge is -2.19. The molecule has 0 bridgehead atoms. The van der Waals surface area contributed by atoms with Gasteiger partial charge in [0.05, 0.1) is 17.8 Å². The summed E-state index contributed by atoms with van der Waals surface area (Å²) in [5.41, 5.74) is -0.845. The summed E-state index contributed by atoms with van der Waals surface area (Å²) in [4.78, 5) is 10.5. The molecule has 1 aromatic carbocycles. The fourth-order valence-corrected chi connectivity index (χ4v) is 3.70. The molecule has 1 unspecified atom stereocenters. The van der Waals surface area contributed by atoms with E-state index in [2.05, 4.69) is 0 Å². The molecule has 0 radical (unpaired) electrons. The number of unbranched alkanes of at least 4 members (excludes halogenated alkanes) is 1. The highest BCUT2D eigenvalue weighted by molar-refractivity contribution is 5.66. The van der Waals surface area contributed by atoms with Crippen LogP contribution in [0.1, 0.15) is 37.7 Å². The molecule has 9 heteroatoms. The third kappa shape index (κ3) is 8.29. The number of hydrogen-bond donors (Lipinski definition) is 4. The van der Waals surface area contributed by atoms with Crippen molar-refractivity contribution < 1.29 is 43.1 Å². The van der Waals surface area contributed by atoms with Crippen LogP contribution in [0.15, 0.2) is 48.6 Å². The van der Waals surface area contributed by atoms with Gasteiger partial charge in [-0.3, -0.25) is 4.79 Å². The van der Waals surface area contributed by atoms with Crippen LogP contribution in [-0.2, 0) is 11.0 Å². The second-order valence-corrected chi connectivity index (χ2v) is 7.89. The van der Waals surface area contributed by atoms with E-state index in [4.69, 9.17) is 9.84 Å². The molecule has 2 rings (SSSR count). The molecule has 0 aliphatic heterocycles. The number of carboxylic acid groups (broad SMARTS) is 1. The molecule has 1 aliphatic carbocycles. The van der Waals surface area contributed by atoms with Crippen molar-refractivity contribution in [3.8, 4) is 5.75 Å². The Labute approximate surface area is 184 Å². The minimum absolute atomic E-state index is 0.0190. The van der Waals surface area contributed by atoms with E-state index in [-0.39, 0.29) is 31.1 Å². The molecule has 1 aliphatic rings. The number of alkyl halides is 3. The Morgan fingerprint density at radius 1 is 1.22 bits per heavy atom. The van der Waals surface area contributed by atoms with E-state index in [1.165, 1.54) is 18.2 Å². The molecular formula is C23H29F3O6. The number of carbonyl (C=O) groups is 1. The maximum atomic E-state index is 12.8. The first-order valence-corrected chi connectivity index (χ1v) is 10.5. The highest BCUT2D eigenvalue weighted by Crippen LogP contribution is 2.36. The quantitative estimate of drug-likeness (QED) is 0.298. The number of allylic oxidation sites excluding steroid dienone is 2. The lowest BCUT2D eigenvalue weighted by Crippen LogP contribution is -2.21. The topological polar surface area (TPSA) is 107 Å². The van der Waals surface area contributed by atoms with Crippen molar-refractivity contribution in [2.24, 2.45) is 11.8 Å². The number of hydrogen-bond acceptors (Lipinski definition) is 5. The molecule has 4 N–H and O–H groups in total. The number of ether oxygens (including phenoxy) is 1. The summed E-state index contributed by atoms with van der Waals surface area (Å²) < 4.78 is 43.5. The number of halogens is 3. The molecule has 0 heterocycles. The van der Waals surface area contributed by atoms with Gasteiger partial charge in [-0.15, -0.1) is 0 Å². The molecule has 0 saturated heterocycles. The predicted molar refractivity (Wildman–Crippen MR) is 111 cm³/mol. The number of aliphatic hydroxyl groups excluding tert-OH is 3. The largest absolute Gasteiger partial charge is 0.491 e. The van der Waals surface area contributed by atoms with Gasteiger partial charge < -0.3 is 25.2 Å². The summed E-state index contributed by atoms with van der Waals surface area (Å²) in [6.45, 7) is -0.267. The summed E-state index contributed by atoms with van der Waals surface area (Å²) in [5.74, 6) is -1.55. The van der Waals surface area contributed by atoms with Crippen LogP contribution in [0, 0.1) is 11.8 Å². The number of carboxylic acids is 1. The van der Waals surface area contributed by atoms with Gasteiger partial charge in [-0.2, -0.15) is 13.2 Å². The Kier molecular flexibility index (Phi) is 9.74. The third-order valence-electron chi connectivity index (χ3n) is 5.39. The minimum atomic E-state index is -4.49.